The van der Waals surface area contributed by atoms with E-state index in [9.17, 15) is 14.7 Å². The van der Waals surface area contributed by atoms with Gasteiger partial charge in [-0.1, -0.05) is 65.0 Å². The molecule has 0 fully saturated rings. The van der Waals surface area contributed by atoms with Gasteiger partial charge in [0.05, 0.1) is 23.1 Å². The Bertz CT molecular complexity index is 1450. The third kappa shape index (κ3) is 5.28. The van der Waals surface area contributed by atoms with Crippen LogP contribution in [-0.2, 0) is 10.5 Å². The second kappa shape index (κ2) is 11.1. The van der Waals surface area contributed by atoms with Gasteiger partial charge in [0.15, 0.2) is 10.1 Å². The SMILES string of the molecule is CCOc1ccc(C2C(C(=O)c3cccs3)=C(O)C(=O)N2c2nnc(SCc3ccc(Cl)cc3)s2)cc1. The van der Waals surface area contributed by atoms with Crippen molar-refractivity contribution in [2.75, 3.05) is 11.5 Å². The largest absolute Gasteiger partial charge is 0.503 e. The number of aliphatic hydroxyl groups is 1. The van der Waals surface area contributed by atoms with Gasteiger partial charge in [0.2, 0.25) is 10.9 Å². The first kappa shape index (κ1) is 25.5. The van der Waals surface area contributed by atoms with Gasteiger partial charge in [-0.15, -0.1) is 21.5 Å². The number of thioether (sulfide) groups is 1. The number of Topliss-reactive ketones (excluding diaryl/α,β-unsaturated/α-hetero) is 1. The molecule has 11 heteroatoms. The summed E-state index contributed by atoms with van der Waals surface area (Å²) in [6.07, 6.45) is 0. The molecule has 0 spiro atoms. The molecular weight excluding hydrogens is 550 g/mol. The zero-order valence-corrected chi connectivity index (χ0v) is 22.7. The van der Waals surface area contributed by atoms with Gasteiger partial charge in [-0.25, -0.2) is 0 Å². The number of ether oxygens (including phenoxy) is 1. The summed E-state index contributed by atoms with van der Waals surface area (Å²) in [6.45, 7) is 2.40. The van der Waals surface area contributed by atoms with Crippen LogP contribution in [0.5, 0.6) is 5.75 Å². The van der Waals surface area contributed by atoms with Gasteiger partial charge in [-0.05, 0) is 53.8 Å². The molecule has 3 heterocycles. The quantitative estimate of drug-likeness (QED) is 0.136. The van der Waals surface area contributed by atoms with Crippen molar-refractivity contribution < 1.29 is 19.4 Å². The Hall–Kier alpha value is -3.18. The first-order valence-corrected chi connectivity index (χ1v) is 14.3. The summed E-state index contributed by atoms with van der Waals surface area (Å²) in [5.74, 6) is -0.359. The number of rotatable bonds is 9. The highest BCUT2D eigenvalue weighted by Gasteiger charge is 2.46. The molecule has 1 aliphatic heterocycles. The zero-order valence-electron chi connectivity index (χ0n) is 19.5. The van der Waals surface area contributed by atoms with Gasteiger partial charge in [-0.2, -0.15) is 0 Å². The topological polar surface area (TPSA) is 92.6 Å². The van der Waals surface area contributed by atoms with Crippen LogP contribution in [0.1, 0.15) is 33.8 Å². The van der Waals surface area contributed by atoms with Crippen molar-refractivity contribution in [3.63, 3.8) is 0 Å². The molecule has 1 aliphatic rings. The van der Waals surface area contributed by atoms with Gasteiger partial charge < -0.3 is 9.84 Å². The molecule has 7 nitrogen and oxygen atoms in total. The normalized spacial score (nSPS) is 15.5. The first-order chi connectivity index (χ1) is 18.0. The third-order valence-electron chi connectivity index (χ3n) is 5.58. The number of nitrogens with zero attached hydrogens (tertiary/aromatic N) is 3. The van der Waals surface area contributed by atoms with Crippen LogP contribution in [0.15, 0.2) is 81.7 Å². The zero-order chi connectivity index (χ0) is 25.9. The van der Waals surface area contributed by atoms with Crippen molar-refractivity contribution >= 4 is 62.9 Å². The summed E-state index contributed by atoms with van der Waals surface area (Å²) in [7, 11) is 0. The van der Waals surface area contributed by atoms with Gasteiger partial charge >= 0.3 is 0 Å². The minimum atomic E-state index is -0.861. The number of halogens is 1. The summed E-state index contributed by atoms with van der Waals surface area (Å²) in [5, 5.41) is 22.1. The Morgan fingerprint density at radius 3 is 2.57 bits per heavy atom. The van der Waals surface area contributed by atoms with E-state index >= 15 is 0 Å². The van der Waals surface area contributed by atoms with Crippen LogP contribution >= 0.6 is 46.0 Å². The van der Waals surface area contributed by atoms with Crippen LogP contribution in [-0.4, -0.2) is 33.6 Å². The monoisotopic (exact) mass is 569 g/mol. The van der Waals surface area contributed by atoms with E-state index in [-0.39, 0.29) is 5.57 Å². The molecule has 37 heavy (non-hydrogen) atoms. The lowest BCUT2D eigenvalue weighted by Gasteiger charge is -2.24. The van der Waals surface area contributed by atoms with Crippen LogP contribution in [0.4, 0.5) is 5.13 Å². The highest BCUT2D eigenvalue weighted by Crippen LogP contribution is 2.44. The molecule has 2 aromatic heterocycles. The molecule has 1 atom stereocenters. The Morgan fingerprint density at radius 1 is 1.14 bits per heavy atom. The van der Waals surface area contributed by atoms with E-state index in [0.717, 1.165) is 5.56 Å². The predicted octanol–water partition coefficient (Wildman–Crippen LogP) is 6.73. The molecule has 2 aromatic carbocycles. The maximum Gasteiger partial charge on any atom is 0.296 e. The van der Waals surface area contributed by atoms with Crippen LogP contribution < -0.4 is 9.64 Å². The van der Waals surface area contributed by atoms with Gasteiger partial charge in [-0.3, -0.25) is 14.5 Å². The van der Waals surface area contributed by atoms with Crippen LogP contribution in [0.25, 0.3) is 0 Å². The van der Waals surface area contributed by atoms with Crippen molar-refractivity contribution in [1.29, 1.82) is 0 Å². The Labute approximate surface area is 230 Å². The Balaban J connectivity index is 1.47. The highest BCUT2D eigenvalue weighted by molar-refractivity contribution is 8.00. The molecule has 0 aliphatic carbocycles. The molecule has 4 aromatic rings. The van der Waals surface area contributed by atoms with Crippen LogP contribution in [0.3, 0.4) is 0 Å². The van der Waals surface area contributed by atoms with Crippen molar-refractivity contribution in [2.45, 2.75) is 23.1 Å². The van der Waals surface area contributed by atoms with E-state index in [2.05, 4.69) is 10.2 Å². The number of ketones is 1. The fraction of sp³-hybridized carbons (Fsp3) is 0.154. The number of aliphatic hydroxyl groups excluding tert-OH is 1. The fourth-order valence-corrected chi connectivity index (χ4v) is 6.51. The van der Waals surface area contributed by atoms with E-state index < -0.39 is 23.5 Å². The maximum absolute atomic E-state index is 13.4. The number of carbonyl (C=O) groups is 2. The molecule has 5 rings (SSSR count). The predicted molar refractivity (Wildman–Crippen MR) is 147 cm³/mol. The van der Waals surface area contributed by atoms with Crippen LogP contribution in [0.2, 0.25) is 5.02 Å². The van der Waals surface area contributed by atoms with Crippen LogP contribution in [0, 0.1) is 0 Å². The molecule has 1 N–H and O–H groups in total. The van der Waals surface area contributed by atoms with E-state index in [1.807, 2.05) is 31.2 Å². The summed E-state index contributed by atoms with van der Waals surface area (Å²) >= 11 is 9.92. The van der Waals surface area contributed by atoms with E-state index in [0.29, 0.717) is 43.0 Å². The van der Waals surface area contributed by atoms with E-state index in [1.165, 1.54) is 39.3 Å². The average Bonchev–Trinajstić information content (AvgIpc) is 3.65. The third-order valence-corrected chi connectivity index (χ3v) is 8.83. The smallest absolute Gasteiger partial charge is 0.296 e. The number of benzene rings is 2. The number of thiophene rings is 1. The molecule has 0 radical (unpaired) electrons. The standard InChI is InChI=1S/C26H20ClN3O4S3/c1-2-34-18-11-7-16(8-12-18)21-20(22(31)19-4-3-13-35-19)23(32)24(33)30(21)25-28-29-26(37-25)36-14-15-5-9-17(27)10-6-15/h3-13,21,32H,2,14H2,1H3. The number of aromatic nitrogens is 2. The lowest BCUT2D eigenvalue weighted by atomic mass is 9.95. The molecule has 0 saturated heterocycles. The maximum atomic E-state index is 13.4. The van der Waals surface area contributed by atoms with Crippen molar-refractivity contribution in [3.05, 3.63) is 98.4 Å². The fourth-order valence-electron chi connectivity index (χ4n) is 3.89. The Kier molecular flexibility index (Phi) is 7.61. The number of hydrogen-bond acceptors (Lipinski definition) is 9. The minimum Gasteiger partial charge on any atom is -0.503 e. The molecule has 0 bridgehead atoms. The summed E-state index contributed by atoms with van der Waals surface area (Å²) < 4.78 is 6.20. The number of anilines is 1. The minimum absolute atomic E-state index is 0.0159. The molecule has 188 valence electrons. The Morgan fingerprint density at radius 2 is 1.89 bits per heavy atom. The second-order valence-electron chi connectivity index (χ2n) is 7.91. The van der Waals surface area contributed by atoms with E-state index in [4.69, 9.17) is 16.3 Å². The highest BCUT2D eigenvalue weighted by atomic mass is 35.5. The lowest BCUT2D eigenvalue weighted by Crippen LogP contribution is -2.31. The van der Waals surface area contributed by atoms with Gasteiger partial charge in [0.25, 0.3) is 5.91 Å². The summed E-state index contributed by atoms with van der Waals surface area (Å²) in [4.78, 5) is 28.5. The van der Waals surface area contributed by atoms with Crippen molar-refractivity contribution in [1.82, 2.24) is 10.2 Å². The molecule has 1 amide bonds. The number of amides is 1. The molecule has 1 unspecified atom stereocenters. The molecule has 0 saturated carbocycles. The van der Waals surface area contributed by atoms with E-state index in [1.54, 1.807) is 41.8 Å². The van der Waals surface area contributed by atoms with Gasteiger partial charge in [0.1, 0.15) is 5.75 Å². The lowest BCUT2D eigenvalue weighted by molar-refractivity contribution is -0.117. The molecular formula is C26H20ClN3O4S3. The van der Waals surface area contributed by atoms with Gasteiger partial charge in [0, 0.05) is 10.8 Å². The average molecular weight is 570 g/mol. The second-order valence-corrected chi connectivity index (χ2v) is 11.5. The number of hydrogen-bond donors (Lipinski definition) is 1. The summed E-state index contributed by atoms with van der Waals surface area (Å²) in [6, 6.07) is 17.2. The van der Waals surface area contributed by atoms with Crippen molar-refractivity contribution in [2.24, 2.45) is 0 Å². The first-order valence-electron chi connectivity index (χ1n) is 11.2. The van der Waals surface area contributed by atoms with Crippen molar-refractivity contribution in [3.8, 4) is 5.75 Å². The number of carbonyl (C=O) groups excluding carboxylic acids is 2. The summed E-state index contributed by atoms with van der Waals surface area (Å²) in [5.41, 5.74) is 1.73.